The molecule has 2 aliphatic heterocycles. The highest BCUT2D eigenvalue weighted by Gasteiger charge is 2.87. The van der Waals surface area contributed by atoms with Crippen LogP contribution in [0.4, 0.5) is 4.79 Å². The van der Waals surface area contributed by atoms with E-state index in [0.29, 0.717) is 17.8 Å². The van der Waals surface area contributed by atoms with E-state index in [4.69, 9.17) is 9.47 Å². The van der Waals surface area contributed by atoms with Crippen LogP contribution in [0.2, 0.25) is 0 Å². The summed E-state index contributed by atoms with van der Waals surface area (Å²) in [5.41, 5.74) is -0.212. The zero-order chi connectivity index (χ0) is 13.6. The molecular weight excluding hydrogens is 246 g/mol. The van der Waals surface area contributed by atoms with Crippen molar-refractivity contribution in [2.75, 3.05) is 20.8 Å². The molecule has 5 aliphatic rings. The molecule has 3 aliphatic carbocycles. The van der Waals surface area contributed by atoms with Crippen molar-refractivity contribution in [1.29, 1.82) is 0 Å². The number of carbonyl (C=O) groups is 2. The summed E-state index contributed by atoms with van der Waals surface area (Å²) in [6.07, 6.45) is 1.73. The minimum Gasteiger partial charge on any atom is -0.469 e. The fourth-order valence-corrected chi connectivity index (χ4v) is 6.35. The van der Waals surface area contributed by atoms with E-state index in [1.54, 1.807) is 4.90 Å². The Labute approximate surface area is 112 Å². The standard InChI is InChI=1S/C14H19NO4/c1-13-6-14(11(16)18-2)9(13)7-4-8(13)10(14)15(5-7)12(17)19-3/h7-10H,4-6H2,1-3H3/t7-,8+,9-,10-,13-,14+/m1/s1. The Balaban J connectivity index is 1.80. The van der Waals surface area contributed by atoms with Gasteiger partial charge in [0, 0.05) is 6.54 Å². The molecule has 6 bridgehead atoms. The van der Waals surface area contributed by atoms with Gasteiger partial charge in [-0.25, -0.2) is 4.79 Å². The quantitative estimate of drug-likeness (QED) is 0.670. The highest BCUT2D eigenvalue weighted by molar-refractivity contribution is 5.84. The molecular formula is C14H19NO4. The molecule has 5 fully saturated rings. The highest BCUT2D eigenvalue weighted by Crippen LogP contribution is 2.83. The number of rotatable bonds is 1. The molecule has 6 atom stereocenters. The number of nitrogens with zero attached hydrogens (tertiary/aromatic N) is 1. The van der Waals surface area contributed by atoms with E-state index in [-0.39, 0.29) is 23.5 Å². The molecule has 0 unspecified atom stereocenters. The zero-order valence-corrected chi connectivity index (χ0v) is 11.5. The Morgan fingerprint density at radius 3 is 2.58 bits per heavy atom. The predicted octanol–water partition coefficient (Wildman–Crippen LogP) is 1.27. The van der Waals surface area contributed by atoms with Crippen molar-refractivity contribution in [2.45, 2.75) is 25.8 Å². The summed E-state index contributed by atoms with van der Waals surface area (Å²) in [7, 11) is 2.86. The summed E-state index contributed by atoms with van der Waals surface area (Å²) >= 11 is 0. The molecule has 5 heteroatoms. The smallest absolute Gasteiger partial charge is 0.409 e. The molecule has 2 saturated heterocycles. The molecule has 3 saturated carbocycles. The van der Waals surface area contributed by atoms with Crippen molar-refractivity contribution in [3.8, 4) is 0 Å². The number of fused-ring (bicyclic) bond motifs is 1. The van der Waals surface area contributed by atoms with Gasteiger partial charge in [-0.2, -0.15) is 0 Å². The first-order valence-corrected chi connectivity index (χ1v) is 6.93. The topological polar surface area (TPSA) is 55.8 Å². The van der Waals surface area contributed by atoms with Gasteiger partial charge in [-0.05, 0) is 36.0 Å². The summed E-state index contributed by atoms with van der Waals surface area (Å²) < 4.78 is 9.97. The molecule has 19 heavy (non-hydrogen) atoms. The fourth-order valence-electron chi connectivity index (χ4n) is 6.35. The van der Waals surface area contributed by atoms with Gasteiger partial charge in [0.1, 0.15) is 0 Å². The lowest BCUT2D eigenvalue weighted by atomic mass is 9.48. The first-order valence-electron chi connectivity index (χ1n) is 6.93. The minimum atomic E-state index is -0.441. The first-order chi connectivity index (χ1) is 9.00. The van der Waals surface area contributed by atoms with Crippen LogP contribution in [0.3, 0.4) is 0 Å². The van der Waals surface area contributed by atoms with Crippen molar-refractivity contribution in [3.63, 3.8) is 0 Å². The third-order valence-electron chi connectivity index (χ3n) is 6.46. The van der Waals surface area contributed by atoms with Crippen molar-refractivity contribution in [3.05, 3.63) is 0 Å². The number of carbonyl (C=O) groups excluding carboxylic acids is 2. The molecule has 5 rings (SSSR count). The predicted molar refractivity (Wildman–Crippen MR) is 65.2 cm³/mol. The fraction of sp³-hybridized carbons (Fsp3) is 0.857. The highest BCUT2D eigenvalue weighted by atomic mass is 16.5. The van der Waals surface area contributed by atoms with Crippen molar-refractivity contribution < 1.29 is 19.1 Å². The van der Waals surface area contributed by atoms with Crippen LogP contribution in [0.5, 0.6) is 0 Å². The monoisotopic (exact) mass is 265 g/mol. The summed E-state index contributed by atoms with van der Waals surface area (Å²) in [4.78, 5) is 26.1. The lowest BCUT2D eigenvalue weighted by Gasteiger charge is -2.59. The van der Waals surface area contributed by atoms with Crippen LogP contribution in [0.25, 0.3) is 0 Å². The normalized spacial score (nSPS) is 52.1. The van der Waals surface area contributed by atoms with E-state index in [2.05, 4.69) is 6.92 Å². The van der Waals surface area contributed by atoms with Crippen molar-refractivity contribution in [1.82, 2.24) is 4.90 Å². The third-order valence-corrected chi connectivity index (χ3v) is 6.46. The summed E-state index contributed by atoms with van der Waals surface area (Å²) in [5.74, 6) is 1.16. The van der Waals surface area contributed by atoms with Crippen LogP contribution in [0, 0.1) is 28.6 Å². The van der Waals surface area contributed by atoms with Crippen LogP contribution in [-0.2, 0) is 14.3 Å². The van der Waals surface area contributed by atoms with Gasteiger partial charge in [-0.1, -0.05) is 6.92 Å². The van der Waals surface area contributed by atoms with Gasteiger partial charge in [0.05, 0.1) is 25.7 Å². The molecule has 2 heterocycles. The maximum atomic E-state index is 12.4. The molecule has 0 aromatic heterocycles. The number of hydrogen-bond acceptors (Lipinski definition) is 4. The average Bonchev–Trinajstić information content (AvgIpc) is 2.85. The number of methoxy groups -OCH3 is 2. The second kappa shape index (κ2) is 3.07. The summed E-state index contributed by atoms with van der Waals surface area (Å²) in [6.45, 7) is 3.02. The number of piperidine rings is 2. The van der Waals surface area contributed by atoms with Gasteiger partial charge >= 0.3 is 12.1 Å². The van der Waals surface area contributed by atoms with Gasteiger partial charge in [-0.15, -0.1) is 0 Å². The van der Waals surface area contributed by atoms with Crippen LogP contribution in [0.15, 0.2) is 0 Å². The maximum Gasteiger partial charge on any atom is 0.409 e. The number of ether oxygens (including phenoxy) is 2. The van der Waals surface area contributed by atoms with E-state index >= 15 is 0 Å². The average molecular weight is 265 g/mol. The second-order valence-corrected chi connectivity index (χ2v) is 6.86. The van der Waals surface area contributed by atoms with Crippen molar-refractivity contribution >= 4 is 12.1 Å². The second-order valence-electron chi connectivity index (χ2n) is 6.86. The van der Waals surface area contributed by atoms with E-state index in [9.17, 15) is 9.59 Å². The number of hydrogen-bond donors (Lipinski definition) is 0. The van der Waals surface area contributed by atoms with Crippen molar-refractivity contribution in [2.24, 2.45) is 28.6 Å². The molecule has 0 spiro atoms. The van der Waals surface area contributed by atoms with Gasteiger partial charge < -0.3 is 14.4 Å². The molecule has 5 nitrogen and oxygen atoms in total. The lowest BCUT2D eigenvalue weighted by Crippen LogP contribution is -2.67. The molecule has 0 N–H and O–H groups in total. The van der Waals surface area contributed by atoms with Gasteiger partial charge in [0.2, 0.25) is 0 Å². The Morgan fingerprint density at radius 2 is 2.00 bits per heavy atom. The van der Waals surface area contributed by atoms with Crippen LogP contribution < -0.4 is 0 Å². The van der Waals surface area contributed by atoms with E-state index in [1.165, 1.54) is 14.2 Å². The Morgan fingerprint density at radius 1 is 1.26 bits per heavy atom. The first kappa shape index (κ1) is 11.6. The van der Waals surface area contributed by atoms with E-state index < -0.39 is 5.41 Å². The van der Waals surface area contributed by atoms with Crippen LogP contribution in [0.1, 0.15) is 19.8 Å². The largest absolute Gasteiger partial charge is 0.469 e. The molecule has 0 aromatic rings. The Kier molecular flexibility index (Phi) is 1.87. The van der Waals surface area contributed by atoms with Gasteiger partial charge in [0.15, 0.2) is 0 Å². The van der Waals surface area contributed by atoms with E-state index in [0.717, 1.165) is 19.4 Å². The molecule has 0 aromatic carbocycles. The third kappa shape index (κ3) is 0.924. The Bertz CT molecular complexity index is 492. The molecule has 104 valence electrons. The van der Waals surface area contributed by atoms with E-state index in [1.807, 2.05) is 0 Å². The SMILES string of the molecule is COC(=O)N1C[C@H]2C[C@H]3[C@@H]1[C@]1(C(=O)OC)C[C@@]3(C)[C@@H]21. The van der Waals surface area contributed by atoms with Gasteiger partial charge in [-0.3, -0.25) is 4.79 Å². The zero-order valence-electron chi connectivity index (χ0n) is 11.5. The Hall–Kier alpha value is -1.26. The number of amides is 1. The van der Waals surface area contributed by atoms with Crippen LogP contribution >= 0.6 is 0 Å². The number of esters is 1. The lowest BCUT2D eigenvalue weighted by molar-refractivity contribution is -0.188. The molecule has 1 amide bonds. The van der Waals surface area contributed by atoms with Crippen LogP contribution in [-0.4, -0.2) is 43.8 Å². The minimum absolute atomic E-state index is 0.00704. The van der Waals surface area contributed by atoms with Gasteiger partial charge in [0.25, 0.3) is 0 Å². The summed E-state index contributed by atoms with van der Waals surface area (Å²) in [6, 6.07) is -0.00704. The molecule has 0 radical (unpaired) electrons. The summed E-state index contributed by atoms with van der Waals surface area (Å²) in [5, 5.41) is 0. The maximum absolute atomic E-state index is 12.4.